The summed E-state index contributed by atoms with van der Waals surface area (Å²) in [7, 11) is 0. The molecule has 3 aromatic rings. The van der Waals surface area contributed by atoms with Crippen LogP contribution in [0.5, 0.6) is 0 Å². The quantitative estimate of drug-likeness (QED) is 0.789. The summed E-state index contributed by atoms with van der Waals surface area (Å²) in [6.45, 7) is 1.87. The highest BCUT2D eigenvalue weighted by atomic mass is 16.4. The Balaban J connectivity index is 2.17. The summed E-state index contributed by atoms with van der Waals surface area (Å²) in [6.07, 6.45) is 3.48. The van der Waals surface area contributed by atoms with E-state index in [0.717, 1.165) is 16.5 Å². The molecule has 0 saturated heterocycles. The number of aromatic nitrogens is 2. The molecule has 100 valence electrons. The number of rotatable bonds is 3. The maximum atomic E-state index is 11.1. The number of fused-ring (bicyclic) bond motifs is 1. The first-order valence-electron chi connectivity index (χ1n) is 6.26. The van der Waals surface area contributed by atoms with Gasteiger partial charge >= 0.3 is 5.97 Å². The highest BCUT2D eigenvalue weighted by Gasteiger charge is 2.15. The van der Waals surface area contributed by atoms with Crippen molar-refractivity contribution in [3.63, 3.8) is 0 Å². The number of aryl methyl sites for hydroxylation is 1. The molecule has 1 N–H and O–H groups in total. The number of para-hydroxylation sites is 1. The van der Waals surface area contributed by atoms with Gasteiger partial charge in [0.05, 0.1) is 16.8 Å². The zero-order valence-electron chi connectivity index (χ0n) is 10.8. The van der Waals surface area contributed by atoms with Crippen LogP contribution >= 0.6 is 0 Å². The lowest BCUT2D eigenvalue weighted by molar-refractivity contribution is 0.0694. The van der Waals surface area contributed by atoms with Gasteiger partial charge in [-0.05, 0) is 12.5 Å². The first-order valence-corrected chi connectivity index (χ1v) is 6.26. The van der Waals surface area contributed by atoms with E-state index in [1.807, 2.05) is 31.2 Å². The average Bonchev–Trinajstić information content (AvgIpc) is 2.90. The third kappa shape index (κ3) is 1.93. The van der Waals surface area contributed by atoms with Crippen LogP contribution in [0.2, 0.25) is 0 Å². The first kappa shape index (κ1) is 12.3. The number of nitrogens with zero attached hydrogens (tertiary/aromatic N) is 2. The Hall–Kier alpha value is -2.69. The van der Waals surface area contributed by atoms with E-state index >= 15 is 0 Å². The van der Waals surface area contributed by atoms with Crippen molar-refractivity contribution < 1.29 is 14.3 Å². The van der Waals surface area contributed by atoms with Crippen LogP contribution in [-0.4, -0.2) is 21.0 Å². The first-order chi connectivity index (χ1) is 9.70. The highest BCUT2D eigenvalue weighted by Crippen LogP contribution is 2.28. The minimum absolute atomic E-state index is 0.143. The van der Waals surface area contributed by atoms with E-state index in [4.69, 9.17) is 9.52 Å². The van der Waals surface area contributed by atoms with Gasteiger partial charge in [-0.3, -0.25) is 0 Å². The molecule has 0 fully saturated rings. The second-order valence-corrected chi connectivity index (χ2v) is 4.36. The van der Waals surface area contributed by atoms with Gasteiger partial charge in [0.1, 0.15) is 11.8 Å². The smallest absolute Gasteiger partial charge is 0.339 e. The van der Waals surface area contributed by atoms with Crippen LogP contribution < -0.4 is 0 Å². The van der Waals surface area contributed by atoms with Gasteiger partial charge in [-0.2, -0.15) is 0 Å². The van der Waals surface area contributed by atoms with E-state index in [0.29, 0.717) is 17.9 Å². The molecule has 20 heavy (non-hydrogen) atoms. The Kier molecular flexibility index (Phi) is 2.95. The summed E-state index contributed by atoms with van der Waals surface area (Å²) in [5.74, 6) is -0.526. The fraction of sp³-hybridized carbons (Fsp3) is 0.133. The van der Waals surface area contributed by atoms with Crippen LogP contribution in [-0.2, 0) is 6.42 Å². The predicted molar refractivity (Wildman–Crippen MR) is 73.6 cm³/mol. The van der Waals surface area contributed by atoms with Gasteiger partial charge < -0.3 is 9.52 Å². The van der Waals surface area contributed by atoms with Gasteiger partial charge in [0.25, 0.3) is 0 Å². The number of benzene rings is 1. The Morgan fingerprint density at radius 3 is 2.90 bits per heavy atom. The summed E-state index contributed by atoms with van der Waals surface area (Å²) in [6, 6.07) is 7.59. The van der Waals surface area contributed by atoms with Gasteiger partial charge in [0.2, 0.25) is 0 Å². The van der Waals surface area contributed by atoms with Crippen LogP contribution in [0.15, 0.2) is 41.1 Å². The highest BCUT2D eigenvalue weighted by molar-refractivity contribution is 5.93. The molecule has 2 aromatic heterocycles. The molecule has 2 heterocycles. The molecule has 0 saturated carbocycles. The van der Waals surface area contributed by atoms with Gasteiger partial charge in [-0.1, -0.05) is 25.1 Å². The topological polar surface area (TPSA) is 76.2 Å². The monoisotopic (exact) mass is 268 g/mol. The molecule has 5 heteroatoms. The third-order valence-electron chi connectivity index (χ3n) is 3.15. The molecule has 0 atom stereocenters. The van der Waals surface area contributed by atoms with Crippen molar-refractivity contribution in [2.24, 2.45) is 0 Å². The maximum Gasteiger partial charge on any atom is 0.339 e. The van der Waals surface area contributed by atoms with Crippen molar-refractivity contribution in [2.75, 3.05) is 0 Å². The van der Waals surface area contributed by atoms with Crippen molar-refractivity contribution in [1.82, 2.24) is 9.97 Å². The van der Waals surface area contributed by atoms with Crippen LogP contribution in [0, 0.1) is 0 Å². The fourth-order valence-electron chi connectivity index (χ4n) is 2.15. The fourth-order valence-corrected chi connectivity index (χ4v) is 2.15. The largest absolute Gasteiger partial charge is 0.478 e. The average molecular weight is 268 g/mol. The minimum atomic E-state index is -1.01. The van der Waals surface area contributed by atoms with E-state index in [1.54, 1.807) is 6.26 Å². The molecule has 5 nitrogen and oxygen atoms in total. The van der Waals surface area contributed by atoms with Gasteiger partial charge in [-0.15, -0.1) is 0 Å². The lowest BCUT2D eigenvalue weighted by Crippen LogP contribution is -2.06. The van der Waals surface area contributed by atoms with Crippen LogP contribution in [0.4, 0.5) is 0 Å². The van der Waals surface area contributed by atoms with Crippen molar-refractivity contribution in [2.45, 2.75) is 13.3 Å². The SMILES string of the molecule is CCc1nc(-c2coc3ccccc23)ncc1C(=O)O. The van der Waals surface area contributed by atoms with Crippen LogP contribution in [0.1, 0.15) is 23.0 Å². The second-order valence-electron chi connectivity index (χ2n) is 4.36. The molecule has 1 aromatic carbocycles. The second kappa shape index (κ2) is 4.77. The standard InChI is InChI=1S/C15H12N2O3/c1-2-12-10(15(18)19)7-16-14(17-12)11-8-20-13-6-4-3-5-9(11)13/h3-8H,2H2,1H3,(H,18,19). The number of hydrogen-bond donors (Lipinski definition) is 1. The zero-order valence-corrected chi connectivity index (χ0v) is 10.8. The molecule has 3 rings (SSSR count). The Bertz CT molecular complexity index is 793. The molecule has 0 unspecified atom stereocenters. The van der Waals surface area contributed by atoms with E-state index in [1.165, 1.54) is 6.20 Å². The Morgan fingerprint density at radius 2 is 2.15 bits per heavy atom. The summed E-state index contributed by atoms with van der Waals surface area (Å²) in [4.78, 5) is 19.6. The van der Waals surface area contributed by atoms with Crippen molar-refractivity contribution in [3.8, 4) is 11.4 Å². The molecule has 0 radical (unpaired) electrons. The number of aromatic carboxylic acids is 1. The summed E-state index contributed by atoms with van der Waals surface area (Å²) in [5.41, 5.74) is 2.19. The number of carboxylic acids is 1. The molecule has 0 aliphatic carbocycles. The molecular formula is C15H12N2O3. The van der Waals surface area contributed by atoms with Gasteiger partial charge in [0.15, 0.2) is 5.82 Å². The molecular weight excluding hydrogens is 256 g/mol. The van der Waals surface area contributed by atoms with Gasteiger partial charge in [-0.25, -0.2) is 14.8 Å². The lowest BCUT2D eigenvalue weighted by atomic mass is 10.1. The van der Waals surface area contributed by atoms with E-state index in [-0.39, 0.29) is 5.56 Å². The Morgan fingerprint density at radius 1 is 1.35 bits per heavy atom. The minimum Gasteiger partial charge on any atom is -0.478 e. The van der Waals surface area contributed by atoms with Crippen molar-refractivity contribution in [3.05, 3.63) is 48.0 Å². The number of carbonyl (C=O) groups is 1. The summed E-state index contributed by atoms with van der Waals surface area (Å²) >= 11 is 0. The predicted octanol–water partition coefficient (Wildman–Crippen LogP) is 3.15. The summed E-state index contributed by atoms with van der Waals surface area (Å²) in [5, 5.41) is 10.0. The van der Waals surface area contributed by atoms with E-state index < -0.39 is 5.97 Å². The third-order valence-corrected chi connectivity index (χ3v) is 3.15. The van der Waals surface area contributed by atoms with E-state index in [9.17, 15) is 4.79 Å². The number of carboxylic acid groups (broad SMARTS) is 1. The molecule has 0 amide bonds. The van der Waals surface area contributed by atoms with E-state index in [2.05, 4.69) is 9.97 Å². The van der Waals surface area contributed by atoms with Crippen molar-refractivity contribution >= 4 is 16.9 Å². The summed E-state index contributed by atoms with van der Waals surface area (Å²) < 4.78 is 5.46. The maximum absolute atomic E-state index is 11.1. The Labute approximate surface area is 114 Å². The normalized spacial score (nSPS) is 10.8. The van der Waals surface area contributed by atoms with Crippen LogP contribution in [0.3, 0.4) is 0 Å². The zero-order chi connectivity index (χ0) is 14.1. The molecule has 0 aliphatic rings. The molecule has 0 aliphatic heterocycles. The molecule has 0 bridgehead atoms. The molecule has 0 spiro atoms. The van der Waals surface area contributed by atoms with Gasteiger partial charge in [0, 0.05) is 11.6 Å². The van der Waals surface area contributed by atoms with Crippen LogP contribution in [0.25, 0.3) is 22.4 Å². The number of furan rings is 1. The lowest BCUT2D eigenvalue weighted by Gasteiger charge is -2.04. The number of hydrogen-bond acceptors (Lipinski definition) is 4. The van der Waals surface area contributed by atoms with Crippen molar-refractivity contribution in [1.29, 1.82) is 0 Å².